The van der Waals surface area contributed by atoms with Crippen molar-refractivity contribution < 1.29 is 0 Å². The Labute approximate surface area is 116 Å². The van der Waals surface area contributed by atoms with Crippen molar-refractivity contribution >= 4 is 33.9 Å². The van der Waals surface area contributed by atoms with Gasteiger partial charge < -0.3 is 10.6 Å². The zero-order chi connectivity index (χ0) is 13.1. The summed E-state index contributed by atoms with van der Waals surface area (Å²) in [5, 5.41) is 2.07. The van der Waals surface area contributed by atoms with Gasteiger partial charge in [0, 0.05) is 36.8 Å². The van der Waals surface area contributed by atoms with Crippen LogP contribution < -0.4 is 10.6 Å². The number of fused-ring (bicyclic) bond motifs is 1. The normalized spacial score (nSPS) is 13.1. The Morgan fingerprint density at radius 1 is 1.61 bits per heavy atom. The molecular weight excluding hydrogens is 264 g/mol. The molecule has 0 amide bonds. The number of nitrogens with two attached hydrogens (primary N) is 1. The molecule has 2 heterocycles. The number of hydrogen-bond donors (Lipinski definition) is 1. The van der Waals surface area contributed by atoms with Crippen molar-refractivity contribution in [3.8, 4) is 0 Å². The van der Waals surface area contributed by atoms with Crippen LogP contribution in [0.2, 0.25) is 0 Å². The van der Waals surface area contributed by atoms with Crippen LogP contribution in [0.1, 0.15) is 12.6 Å². The smallest absolute Gasteiger partial charge is 0.195 e. The van der Waals surface area contributed by atoms with Crippen LogP contribution in [0.25, 0.3) is 4.96 Å². The number of nitrogens with zero attached hydrogens (tertiary/aromatic N) is 3. The summed E-state index contributed by atoms with van der Waals surface area (Å²) in [4.78, 5) is 8.05. The third kappa shape index (κ3) is 2.50. The Morgan fingerprint density at radius 2 is 2.39 bits per heavy atom. The van der Waals surface area contributed by atoms with Gasteiger partial charge in [0.1, 0.15) is 0 Å². The van der Waals surface area contributed by atoms with E-state index in [4.69, 9.17) is 10.7 Å². The molecule has 2 N–H and O–H groups in total. The highest BCUT2D eigenvalue weighted by atomic mass is 32.2. The molecular formula is C12H20N4S2. The maximum Gasteiger partial charge on any atom is 0.195 e. The van der Waals surface area contributed by atoms with E-state index in [1.807, 2.05) is 11.8 Å². The van der Waals surface area contributed by atoms with Gasteiger partial charge >= 0.3 is 0 Å². The molecule has 1 atom stereocenters. The summed E-state index contributed by atoms with van der Waals surface area (Å²) < 4.78 is 2.16. The van der Waals surface area contributed by atoms with Crippen LogP contribution in [0.4, 0.5) is 5.82 Å². The number of hydrogen-bond acceptors (Lipinski definition) is 5. The van der Waals surface area contributed by atoms with Crippen LogP contribution in [0, 0.1) is 0 Å². The van der Waals surface area contributed by atoms with Gasteiger partial charge in [-0.05, 0) is 19.7 Å². The number of imidazole rings is 1. The summed E-state index contributed by atoms with van der Waals surface area (Å²) in [7, 11) is 2.12. The lowest BCUT2D eigenvalue weighted by Gasteiger charge is -2.25. The van der Waals surface area contributed by atoms with Crippen molar-refractivity contribution in [2.45, 2.75) is 19.4 Å². The van der Waals surface area contributed by atoms with Gasteiger partial charge in [-0.15, -0.1) is 11.3 Å². The second kappa shape index (κ2) is 5.95. The molecule has 0 aliphatic rings. The molecule has 6 heteroatoms. The average Bonchev–Trinajstić information content (AvgIpc) is 2.91. The third-order valence-corrected chi connectivity index (χ3v) is 4.70. The Morgan fingerprint density at radius 3 is 3.06 bits per heavy atom. The zero-order valence-electron chi connectivity index (χ0n) is 11.1. The largest absolute Gasteiger partial charge is 0.355 e. The van der Waals surface area contributed by atoms with Gasteiger partial charge in [0.2, 0.25) is 0 Å². The minimum absolute atomic E-state index is 0.473. The summed E-state index contributed by atoms with van der Waals surface area (Å²) in [6, 6.07) is 0.473. The highest BCUT2D eigenvalue weighted by molar-refractivity contribution is 7.98. The van der Waals surface area contributed by atoms with E-state index < -0.39 is 0 Å². The van der Waals surface area contributed by atoms with Crippen molar-refractivity contribution in [1.29, 1.82) is 0 Å². The summed E-state index contributed by atoms with van der Waals surface area (Å²) in [6.45, 7) is 2.89. The number of anilines is 1. The summed E-state index contributed by atoms with van der Waals surface area (Å²) >= 11 is 3.53. The maximum absolute atomic E-state index is 5.72. The predicted octanol–water partition coefficient (Wildman–Crippen LogP) is 2.08. The molecule has 0 radical (unpaired) electrons. The number of thioether (sulfide) groups is 1. The molecule has 18 heavy (non-hydrogen) atoms. The molecule has 2 aromatic rings. The van der Waals surface area contributed by atoms with Crippen molar-refractivity contribution in [3.63, 3.8) is 0 Å². The molecule has 0 bridgehead atoms. The fraction of sp³-hybridized carbons (Fsp3) is 0.583. The number of thiazole rings is 1. The monoisotopic (exact) mass is 284 g/mol. The summed E-state index contributed by atoms with van der Waals surface area (Å²) in [5.41, 5.74) is 6.95. The predicted molar refractivity (Wildman–Crippen MR) is 82.1 cm³/mol. The lowest BCUT2D eigenvalue weighted by molar-refractivity contribution is 0.747. The molecule has 0 aliphatic carbocycles. The van der Waals surface area contributed by atoms with E-state index in [0.29, 0.717) is 12.6 Å². The van der Waals surface area contributed by atoms with Gasteiger partial charge in [-0.25, -0.2) is 4.98 Å². The Kier molecular flexibility index (Phi) is 4.53. The van der Waals surface area contributed by atoms with E-state index in [1.54, 1.807) is 11.3 Å². The number of aromatic nitrogens is 2. The standard InChI is InChI=1S/C12H20N4S2/c1-9(8-17-3)15(2)11-10(4-5-13)16-6-7-18-12(16)14-11/h6-7,9H,4-5,8,13H2,1-3H3. The summed E-state index contributed by atoms with van der Waals surface area (Å²) in [5.74, 6) is 2.18. The molecule has 4 nitrogen and oxygen atoms in total. The van der Waals surface area contributed by atoms with Gasteiger partial charge in [0.05, 0.1) is 5.69 Å². The molecule has 0 saturated heterocycles. The Hall–Kier alpha value is -0.720. The quantitative estimate of drug-likeness (QED) is 0.882. The molecule has 100 valence electrons. The summed E-state index contributed by atoms with van der Waals surface area (Å²) in [6.07, 6.45) is 5.08. The minimum Gasteiger partial charge on any atom is -0.355 e. The molecule has 0 fully saturated rings. The average molecular weight is 284 g/mol. The SMILES string of the molecule is CSCC(C)N(C)c1nc2sccn2c1CCN. The molecule has 0 spiro atoms. The first kappa shape index (κ1) is 13.7. The van der Waals surface area contributed by atoms with Gasteiger partial charge in [-0.2, -0.15) is 11.8 Å². The van der Waals surface area contributed by atoms with Gasteiger partial charge in [-0.3, -0.25) is 4.40 Å². The highest BCUT2D eigenvalue weighted by Gasteiger charge is 2.19. The van der Waals surface area contributed by atoms with Crippen molar-refractivity contribution in [2.24, 2.45) is 5.73 Å². The molecule has 0 aliphatic heterocycles. The fourth-order valence-corrected chi connectivity index (χ4v) is 3.47. The fourth-order valence-electron chi connectivity index (χ4n) is 2.03. The van der Waals surface area contributed by atoms with E-state index in [9.17, 15) is 0 Å². The van der Waals surface area contributed by atoms with Crippen LogP contribution in [0.15, 0.2) is 11.6 Å². The number of rotatable bonds is 6. The lowest BCUT2D eigenvalue weighted by atomic mass is 10.2. The van der Waals surface area contributed by atoms with E-state index >= 15 is 0 Å². The van der Waals surface area contributed by atoms with E-state index in [2.05, 4.69) is 41.1 Å². The molecule has 0 aromatic carbocycles. The Bertz CT molecular complexity index is 505. The topological polar surface area (TPSA) is 46.6 Å². The van der Waals surface area contributed by atoms with Crippen LogP contribution in [-0.2, 0) is 6.42 Å². The van der Waals surface area contributed by atoms with Crippen molar-refractivity contribution in [1.82, 2.24) is 9.38 Å². The first-order valence-corrected chi connectivity index (χ1v) is 8.32. The third-order valence-electron chi connectivity index (χ3n) is 3.12. The second-order valence-corrected chi connectivity index (χ2v) is 6.18. The van der Waals surface area contributed by atoms with Crippen LogP contribution in [-0.4, -0.2) is 41.0 Å². The van der Waals surface area contributed by atoms with E-state index in [-0.39, 0.29) is 0 Å². The van der Waals surface area contributed by atoms with Crippen LogP contribution in [0.5, 0.6) is 0 Å². The molecule has 0 saturated carbocycles. The molecule has 2 rings (SSSR count). The van der Waals surface area contributed by atoms with Gasteiger partial charge in [0.15, 0.2) is 10.8 Å². The first-order valence-electron chi connectivity index (χ1n) is 6.05. The van der Waals surface area contributed by atoms with Gasteiger partial charge in [0.25, 0.3) is 0 Å². The van der Waals surface area contributed by atoms with Crippen molar-refractivity contribution in [2.75, 3.05) is 30.5 Å². The van der Waals surface area contributed by atoms with Crippen LogP contribution in [0.3, 0.4) is 0 Å². The van der Waals surface area contributed by atoms with E-state index in [0.717, 1.165) is 23.0 Å². The van der Waals surface area contributed by atoms with Gasteiger partial charge in [-0.1, -0.05) is 0 Å². The zero-order valence-corrected chi connectivity index (χ0v) is 12.7. The van der Waals surface area contributed by atoms with E-state index in [1.165, 1.54) is 5.69 Å². The second-order valence-electron chi connectivity index (χ2n) is 4.39. The minimum atomic E-state index is 0.473. The Balaban J connectivity index is 2.36. The van der Waals surface area contributed by atoms with Crippen molar-refractivity contribution in [3.05, 3.63) is 17.3 Å². The maximum atomic E-state index is 5.72. The highest BCUT2D eigenvalue weighted by Crippen LogP contribution is 2.26. The molecule has 1 unspecified atom stereocenters. The van der Waals surface area contributed by atoms with Crippen LogP contribution >= 0.6 is 23.1 Å². The lowest BCUT2D eigenvalue weighted by Crippen LogP contribution is -2.32. The first-order chi connectivity index (χ1) is 8.69. The molecule has 2 aromatic heterocycles.